The molecule has 1 aromatic carbocycles. The summed E-state index contributed by atoms with van der Waals surface area (Å²) in [4.78, 5) is 0.375. The second-order valence-electron chi connectivity index (χ2n) is 4.49. The molecule has 0 radical (unpaired) electrons. The average molecular weight is 259 g/mol. The molecule has 1 aliphatic heterocycles. The molecule has 1 heterocycles. The average Bonchev–Trinajstić information content (AvgIpc) is 2.24. The number of piperidine rings is 1. The van der Waals surface area contributed by atoms with Crippen molar-refractivity contribution >= 4 is 11.8 Å². The van der Waals surface area contributed by atoms with Gasteiger partial charge in [0.2, 0.25) is 0 Å². The lowest BCUT2D eigenvalue weighted by atomic mass is 9.94. The van der Waals surface area contributed by atoms with Gasteiger partial charge in [-0.05, 0) is 32.0 Å². The van der Waals surface area contributed by atoms with E-state index in [1.54, 1.807) is 6.92 Å². The quantitative estimate of drug-likeness (QED) is 0.853. The van der Waals surface area contributed by atoms with Crippen molar-refractivity contribution in [2.24, 2.45) is 0 Å². The maximum atomic E-state index is 13.5. The van der Waals surface area contributed by atoms with Crippen LogP contribution in [0.4, 0.5) is 8.78 Å². The first-order valence-electron chi connectivity index (χ1n) is 5.54. The van der Waals surface area contributed by atoms with Gasteiger partial charge < -0.3 is 10.4 Å². The zero-order chi connectivity index (χ0) is 12.5. The molecule has 5 heteroatoms. The molecule has 0 bridgehead atoms. The van der Waals surface area contributed by atoms with Gasteiger partial charge in [-0.25, -0.2) is 8.78 Å². The first kappa shape index (κ1) is 12.8. The largest absolute Gasteiger partial charge is 0.389 e. The topological polar surface area (TPSA) is 32.3 Å². The van der Waals surface area contributed by atoms with Crippen LogP contribution in [-0.4, -0.2) is 29.0 Å². The van der Waals surface area contributed by atoms with E-state index in [0.717, 1.165) is 12.6 Å². The van der Waals surface area contributed by atoms with E-state index < -0.39 is 17.2 Å². The molecule has 2 nitrogen and oxygen atoms in total. The van der Waals surface area contributed by atoms with E-state index in [-0.39, 0.29) is 5.25 Å². The summed E-state index contributed by atoms with van der Waals surface area (Å²) in [7, 11) is 0. The summed E-state index contributed by atoms with van der Waals surface area (Å²) >= 11 is 1.25. The van der Waals surface area contributed by atoms with E-state index in [1.807, 2.05) is 0 Å². The van der Waals surface area contributed by atoms with Crippen LogP contribution in [0.5, 0.6) is 0 Å². The maximum Gasteiger partial charge on any atom is 0.139 e. The molecule has 17 heavy (non-hydrogen) atoms. The molecule has 94 valence electrons. The molecule has 2 N–H and O–H groups in total. The number of rotatable bonds is 2. The minimum atomic E-state index is -0.823. The fraction of sp³-hybridized carbons (Fsp3) is 0.500. The summed E-state index contributed by atoms with van der Waals surface area (Å²) in [6, 6.07) is 3.52. The molecule has 1 aromatic rings. The molecule has 0 amide bonds. The first-order valence-corrected chi connectivity index (χ1v) is 6.42. The molecule has 1 saturated heterocycles. The van der Waals surface area contributed by atoms with Crippen molar-refractivity contribution in [3.8, 4) is 0 Å². The van der Waals surface area contributed by atoms with Gasteiger partial charge in [0.1, 0.15) is 11.6 Å². The molecule has 2 rings (SSSR count). The van der Waals surface area contributed by atoms with Crippen LogP contribution in [0.3, 0.4) is 0 Å². The van der Waals surface area contributed by atoms with Crippen LogP contribution in [0.15, 0.2) is 23.1 Å². The highest BCUT2D eigenvalue weighted by Crippen LogP contribution is 2.35. The Kier molecular flexibility index (Phi) is 3.70. The van der Waals surface area contributed by atoms with Crippen LogP contribution in [0.2, 0.25) is 0 Å². The van der Waals surface area contributed by atoms with Crippen molar-refractivity contribution < 1.29 is 13.9 Å². The van der Waals surface area contributed by atoms with Gasteiger partial charge in [0, 0.05) is 17.5 Å². The van der Waals surface area contributed by atoms with E-state index in [9.17, 15) is 13.9 Å². The van der Waals surface area contributed by atoms with Crippen molar-refractivity contribution in [1.82, 2.24) is 5.32 Å². The molecular weight excluding hydrogens is 244 g/mol. The molecule has 0 aromatic heterocycles. The van der Waals surface area contributed by atoms with E-state index >= 15 is 0 Å². The van der Waals surface area contributed by atoms with Gasteiger partial charge in [-0.15, -0.1) is 11.8 Å². The van der Waals surface area contributed by atoms with Crippen molar-refractivity contribution in [3.63, 3.8) is 0 Å². The van der Waals surface area contributed by atoms with Gasteiger partial charge in [0.05, 0.1) is 10.9 Å². The summed E-state index contributed by atoms with van der Waals surface area (Å²) in [6.45, 7) is 3.14. The van der Waals surface area contributed by atoms with Gasteiger partial charge >= 0.3 is 0 Å². The normalized spacial score (nSPS) is 29.3. The summed E-state index contributed by atoms with van der Waals surface area (Å²) < 4.78 is 26.3. The van der Waals surface area contributed by atoms with E-state index in [2.05, 4.69) is 5.32 Å². The summed E-state index contributed by atoms with van der Waals surface area (Å²) in [6.07, 6.45) is 0.632. The van der Waals surface area contributed by atoms with Crippen molar-refractivity contribution in [3.05, 3.63) is 29.8 Å². The zero-order valence-electron chi connectivity index (χ0n) is 9.54. The smallest absolute Gasteiger partial charge is 0.139 e. The highest BCUT2D eigenvalue weighted by Gasteiger charge is 2.35. The lowest BCUT2D eigenvalue weighted by Gasteiger charge is -2.37. The second kappa shape index (κ2) is 4.92. The highest BCUT2D eigenvalue weighted by atomic mass is 32.2. The molecule has 2 atom stereocenters. The minimum absolute atomic E-state index is 0.129. The minimum Gasteiger partial charge on any atom is -0.389 e. The number of aliphatic hydroxyl groups is 1. The fourth-order valence-electron chi connectivity index (χ4n) is 1.85. The van der Waals surface area contributed by atoms with Crippen LogP contribution in [0, 0.1) is 11.6 Å². The van der Waals surface area contributed by atoms with Gasteiger partial charge in [-0.3, -0.25) is 0 Å². The van der Waals surface area contributed by atoms with Crippen molar-refractivity contribution in [2.75, 3.05) is 13.1 Å². The predicted molar refractivity (Wildman–Crippen MR) is 64.1 cm³/mol. The second-order valence-corrected chi connectivity index (χ2v) is 5.74. The van der Waals surface area contributed by atoms with Gasteiger partial charge in [-0.1, -0.05) is 0 Å². The molecule has 1 fully saturated rings. The lowest BCUT2D eigenvalue weighted by Crippen LogP contribution is -2.50. The van der Waals surface area contributed by atoms with Crippen molar-refractivity contribution in [1.29, 1.82) is 0 Å². The SMILES string of the molecule is CC1(O)CCNCC1Sc1ccc(F)cc1F. The fourth-order valence-corrected chi connectivity index (χ4v) is 3.05. The third-order valence-corrected chi connectivity index (χ3v) is 4.54. The number of hydrogen-bond donors (Lipinski definition) is 2. The van der Waals surface area contributed by atoms with E-state index in [4.69, 9.17) is 0 Å². The Morgan fingerprint density at radius 3 is 2.88 bits per heavy atom. The van der Waals surface area contributed by atoms with E-state index in [0.29, 0.717) is 17.9 Å². The van der Waals surface area contributed by atoms with Crippen LogP contribution in [0.25, 0.3) is 0 Å². The first-order chi connectivity index (χ1) is 7.99. The lowest BCUT2D eigenvalue weighted by molar-refractivity contribution is 0.0355. The monoisotopic (exact) mass is 259 g/mol. The Morgan fingerprint density at radius 2 is 2.24 bits per heavy atom. The third-order valence-electron chi connectivity index (χ3n) is 2.99. The van der Waals surface area contributed by atoms with Crippen LogP contribution < -0.4 is 5.32 Å². The number of nitrogens with one attached hydrogen (secondary N) is 1. The molecule has 2 unspecified atom stereocenters. The molecule has 0 spiro atoms. The summed E-state index contributed by atoms with van der Waals surface area (Å²) in [5.41, 5.74) is -0.823. The van der Waals surface area contributed by atoms with Crippen LogP contribution >= 0.6 is 11.8 Å². The Labute approximate surface area is 103 Å². The van der Waals surface area contributed by atoms with Crippen molar-refractivity contribution in [2.45, 2.75) is 29.1 Å². The summed E-state index contributed by atoms with van der Waals surface area (Å²) in [5.74, 6) is -1.16. The number of halogens is 2. The molecule has 1 aliphatic rings. The maximum absolute atomic E-state index is 13.5. The standard InChI is InChI=1S/C12H15F2NOS/c1-12(16)4-5-15-7-11(12)17-10-3-2-8(13)6-9(10)14/h2-3,6,11,15-16H,4-5,7H2,1H3. The van der Waals surface area contributed by atoms with Gasteiger partial charge in [-0.2, -0.15) is 0 Å². The number of hydrogen-bond acceptors (Lipinski definition) is 3. The molecule has 0 aliphatic carbocycles. The Morgan fingerprint density at radius 1 is 1.47 bits per heavy atom. The number of benzene rings is 1. The molecular formula is C12H15F2NOS. The predicted octanol–water partition coefficient (Wildman–Crippen LogP) is 2.17. The highest BCUT2D eigenvalue weighted by molar-refractivity contribution is 8.00. The third kappa shape index (κ3) is 2.97. The zero-order valence-corrected chi connectivity index (χ0v) is 10.4. The van der Waals surface area contributed by atoms with Crippen LogP contribution in [-0.2, 0) is 0 Å². The number of thioether (sulfide) groups is 1. The Bertz CT molecular complexity index is 411. The Hall–Kier alpha value is -0.650. The van der Waals surface area contributed by atoms with Crippen LogP contribution in [0.1, 0.15) is 13.3 Å². The van der Waals surface area contributed by atoms with E-state index in [1.165, 1.54) is 23.9 Å². The van der Waals surface area contributed by atoms with Gasteiger partial charge in [0.15, 0.2) is 0 Å². The summed E-state index contributed by atoms with van der Waals surface area (Å²) in [5, 5.41) is 13.2. The Balaban J connectivity index is 2.14. The molecule has 0 saturated carbocycles. The van der Waals surface area contributed by atoms with Gasteiger partial charge in [0.25, 0.3) is 0 Å².